The van der Waals surface area contributed by atoms with Crippen LogP contribution in [-0.2, 0) is 4.74 Å². The second kappa shape index (κ2) is 6.81. The quantitative estimate of drug-likeness (QED) is 0.400. The van der Waals surface area contributed by atoms with Gasteiger partial charge >= 0.3 is 0 Å². The number of ether oxygens (including phenoxy) is 1. The van der Waals surface area contributed by atoms with Crippen molar-refractivity contribution in [2.24, 2.45) is 0 Å². The van der Waals surface area contributed by atoms with Crippen molar-refractivity contribution in [2.45, 2.75) is 0 Å². The summed E-state index contributed by atoms with van der Waals surface area (Å²) >= 11 is 1.40. The number of morpholine rings is 1. The van der Waals surface area contributed by atoms with Gasteiger partial charge in [-0.1, -0.05) is 12.1 Å². The summed E-state index contributed by atoms with van der Waals surface area (Å²) < 4.78 is 6.35. The van der Waals surface area contributed by atoms with Gasteiger partial charge in [-0.25, -0.2) is 9.97 Å². The standard InChI is InChI=1S/C18H17N5O2S/c19-9-13-12(2-1-3-14(13)20)17-21-15-8-11(10-24)26-16(15)18(22-17)23-4-6-25-7-5-23/h1-3,8-10,19H,4-7,20H2/p+1. The maximum absolute atomic E-state index is 11.3. The number of carbonyl (C=O) groups is 1. The SMILES string of the molecule is Nc1cccc(-c2nc(N3CCOCC3)c3sc(C=O)cc3n2)c1C=[NH2+]. The van der Waals surface area contributed by atoms with Gasteiger partial charge in [-0.15, -0.1) is 11.3 Å². The molecule has 0 atom stereocenters. The summed E-state index contributed by atoms with van der Waals surface area (Å²) in [6.07, 6.45) is 2.31. The summed E-state index contributed by atoms with van der Waals surface area (Å²) in [5.41, 5.74) is 8.83. The van der Waals surface area contributed by atoms with E-state index in [0.717, 1.165) is 41.0 Å². The van der Waals surface area contributed by atoms with Crippen molar-refractivity contribution >= 4 is 45.6 Å². The Balaban J connectivity index is 1.95. The molecule has 1 aliphatic rings. The molecule has 0 unspecified atom stereocenters. The number of aromatic nitrogens is 2. The number of aldehydes is 1. The molecule has 1 fully saturated rings. The van der Waals surface area contributed by atoms with Crippen LogP contribution in [-0.4, -0.2) is 48.8 Å². The van der Waals surface area contributed by atoms with Gasteiger partial charge in [0.25, 0.3) is 0 Å². The zero-order chi connectivity index (χ0) is 18.1. The van der Waals surface area contributed by atoms with Gasteiger partial charge in [-0.3, -0.25) is 10.2 Å². The number of fused-ring (bicyclic) bond motifs is 1. The van der Waals surface area contributed by atoms with Crippen molar-refractivity contribution in [3.63, 3.8) is 0 Å². The number of hydrogen-bond donors (Lipinski definition) is 2. The third-order valence-corrected chi connectivity index (χ3v) is 5.39. The Hall–Kier alpha value is -2.84. The molecule has 0 bridgehead atoms. The van der Waals surface area contributed by atoms with Crippen LogP contribution in [0.25, 0.3) is 21.6 Å². The van der Waals surface area contributed by atoms with Crippen LogP contribution in [0.3, 0.4) is 0 Å². The normalized spacial score (nSPS) is 14.5. The Kier molecular flexibility index (Phi) is 4.36. The molecule has 1 saturated heterocycles. The highest BCUT2D eigenvalue weighted by atomic mass is 32.1. The Morgan fingerprint density at radius 2 is 2.08 bits per heavy atom. The van der Waals surface area contributed by atoms with Crippen LogP contribution >= 0.6 is 11.3 Å². The lowest BCUT2D eigenvalue weighted by Gasteiger charge is -2.28. The van der Waals surface area contributed by atoms with Gasteiger partial charge in [0.1, 0.15) is 0 Å². The molecule has 4 rings (SSSR count). The number of hydrogen-bond acceptors (Lipinski definition) is 7. The average Bonchev–Trinajstić information content (AvgIpc) is 3.11. The van der Waals surface area contributed by atoms with Crippen LogP contribution in [0, 0.1) is 0 Å². The lowest BCUT2D eigenvalue weighted by molar-refractivity contribution is -0.104. The summed E-state index contributed by atoms with van der Waals surface area (Å²) in [6.45, 7) is 2.78. The summed E-state index contributed by atoms with van der Waals surface area (Å²) in [5.74, 6) is 1.36. The highest BCUT2D eigenvalue weighted by Gasteiger charge is 2.21. The molecule has 2 aromatic heterocycles. The number of carbonyl (C=O) groups excluding carboxylic acids is 1. The molecule has 4 N–H and O–H groups in total. The molecule has 132 valence electrons. The predicted octanol–water partition coefficient (Wildman–Crippen LogP) is 0.768. The molecule has 0 aliphatic carbocycles. The number of rotatable bonds is 4. The van der Waals surface area contributed by atoms with E-state index in [1.54, 1.807) is 12.1 Å². The number of thiophene rings is 1. The second-order valence-corrected chi connectivity index (χ2v) is 7.01. The maximum Gasteiger partial charge on any atom is 0.170 e. The summed E-state index contributed by atoms with van der Waals surface area (Å²) in [6, 6.07) is 7.33. The van der Waals surface area contributed by atoms with Crippen LogP contribution in [0.5, 0.6) is 0 Å². The Morgan fingerprint density at radius 1 is 1.27 bits per heavy atom. The molecule has 1 aliphatic heterocycles. The van der Waals surface area contributed by atoms with Gasteiger partial charge in [0.15, 0.2) is 24.1 Å². The fraction of sp³-hybridized carbons (Fsp3) is 0.222. The van der Waals surface area contributed by atoms with E-state index < -0.39 is 0 Å². The molecule has 0 amide bonds. The van der Waals surface area contributed by atoms with E-state index in [0.29, 0.717) is 35.2 Å². The first-order valence-corrected chi connectivity index (χ1v) is 9.06. The smallest absolute Gasteiger partial charge is 0.170 e. The van der Waals surface area contributed by atoms with Crippen molar-refractivity contribution in [3.05, 3.63) is 34.7 Å². The first-order valence-electron chi connectivity index (χ1n) is 8.24. The Bertz CT molecular complexity index is 995. The fourth-order valence-corrected chi connectivity index (χ4v) is 3.99. The monoisotopic (exact) mass is 368 g/mol. The van der Waals surface area contributed by atoms with Crippen LogP contribution < -0.4 is 16.0 Å². The third-order valence-electron chi connectivity index (χ3n) is 4.35. The lowest BCUT2D eigenvalue weighted by atomic mass is 10.1. The minimum atomic E-state index is 0.540. The summed E-state index contributed by atoms with van der Waals surface area (Å²) in [5, 5.41) is 5.78. The molecule has 0 saturated carbocycles. The number of anilines is 2. The molecule has 7 nitrogen and oxygen atoms in total. The van der Waals surface area contributed by atoms with Gasteiger partial charge in [-0.2, -0.15) is 0 Å². The first kappa shape index (κ1) is 16.6. The van der Waals surface area contributed by atoms with Crippen LogP contribution in [0.15, 0.2) is 24.3 Å². The second-order valence-electron chi connectivity index (χ2n) is 5.93. The third kappa shape index (κ3) is 2.83. The molecular weight excluding hydrogens is 350 g/mol. The Morgan fingerprint density at radius 3 is 2.81 bits per heavy atom. The summed E-state index contributed by atoms with van der Waals surface area (Å²) in [4.78, 5) is 23.5. The van der Waals surface area contributed by atoms with Gasteiger partial charge in [0.2, 0.25) is 0 Å². The largest absolute Gasteiger partial charge is 0.398 e. The molecule has 1 aromatic carbocycles. The maximum atomic E-state index is 11.3. The zero-order valence-corrected chi connectivity index (χ0v) is 14.8. The van der Waals surface area contributed by atoms with Crippen LogP contribution in [0.2, 0.25) is 0 Å². The highest BCUT2D eigenvalue weighted by Crippen LogP contribution is 2.35. The van der Waals surface area contributed by atoms with Gasteiger partial charge < -0.3 is 15.4 Å². The van der Waals surface area contributed by atoms with E-state index in [9.17, 15) is 4.79 Å². The molecular formula is C18H18N5O2S+. The van der Waals surface area contributed by atoms with Crippen LogP contribution in [0.4, 0.5) is 11.5 Å². The molecule has 3 heterocycles. The van der Waals surface area contributed by atoms with E-state index in [4.69, 9.17) is 20.9 Å². The van der Waals surface area contributed by atoms with E-state index >= 15 is 0 Å². The van der Waals surface area contributed by atoms with Crippen LogP contribution in [0.1, 0.15) is 15.2 Å². The number of benzene rings is 1. The minimum absolute atomic E-state index is 0.540. The molecule has 3 aromatic rings. The lowest BCUT2D eigenvalue weighted by Crippen LogP contribution is -2.37. The number of nitrogens with two attached hydrogens (primary N) is 2. The van der Waals surface area contributed by atoms with E-state index in [1.165, 1.54) is 17.6 Å². The van der Waals surface area contributed by atoms with Crippen molar-refractivity contribution in [1.29, 1.82) is 0 Å². The Labute approximate surface area is 153 Å². The van der Waals surface area contributed by atoms with E-state index in [-0.39, 0.29) is 0 Å². The van der Waals surface area contributed by atoms with Crippen molar-refractivity contribution in [3.8, 4) is 11.4 Å². The van der Waals surface area contributed by atoms with Crippen molar-refractivity contribution in [2.75, 3.05) is 36.9 Å². The first-order chi connectivity index (χ1) is 12.7. The average molecular weight is 368 g/mol. The van der Waals surface area contributed by atoms with E-state index in [2.05, 4.69) is 9.88 Å². The van der Waals surface area contributed by atoms with Gasteiger partial charge in [0.05, 0.1) is 33.9 Å². The molecule has 0 spiro atoms. The predicted molar refractivity (Wildman–Crippen MR) is 103 cm³/mol. The minimum Gasteiger partial charge on any atom is -0.398 e. The zero-order valence-electron chi connectivity index (χ0n) is 14.0. The van der Waals surface area contributed by atoms with E-state index in [1.807, 2.05) is 12.1 Å². The number of nitrogen functional groups attached to an aromatic ring is 1. The molecule has 26 heavy (non-hydrogen) atoms. The number of nitrogens with zero attached hydrogens (tertiary/aromatic N) is 3. The highest BCUT2D eigenvalue weighted by molar-refractivity contribution is 7.21. The fourth-order valence-electron chi connectivity index (χ4n) is 3.07. The van der Waals surface area contributed by atoms with Gasteiger partial charge in [-0.05, 0) is 12.1 Å². The molecule has 8 heteroatoms. The van der Waals surface area contributed by atoms with Crippen molar-refractivity contribution in [1.82, 2.24) is 9.97 Å². The van der Waals surface area contributed by atoms with Gasteiger partial charge in [0, 0.05) is 24.3 Å². The summed E-state index contributed by atoms with van der Waals surface area (Å²) in [7, 11) is 0. The van der Waals surface area contributed by atoms with Crippen molar-refractivity contribution < 1.29 is 14.9 Å². The topological polar surface area (TPSA) is 107 Å². The molecule has 0 radical (unpaired) electrons.